The largest absolute Gasteiger partial charge is 0.478 e. The van der Waals surface area contributed by atoms with Gasteiger partial charge in [0.25, 0.3) is 0 Å². The first-order valence-corrected chi connectivity index (χ1v) is 12.4. The SMILES string of the molecule is CO[C@@H](/C=C/CC/C=C/C(=O)O)[C@@H](O)[C@H](C)C(O)/C(C)=C/[C@H](C)C(=O)CCCC1CC(=O)NC(=O)C1. The molecule has 5 atom stereocenters. The molecule has 36 heavy (non-hydrogen) atoms. The van der Waals surface area contributed by atoms with Crippen LogP contribution < -0.4 is 5.32 Å². The number of nitrogens with one attached hydrogen (secondary N) is 1. The van der Waals surface area contributed by atoms with E-state index in [-0.39, 0.29) is 23.5 Å². The Labute approximate surface area is 213 Å². The van der Waals surface area contributed by atoms with Crippen LogP contribution in [0, 0.1) is 17.8 Å². The molecule has 1 fully saturated rings. The number of allylic oxidation sites excluding steroid dienone is 3. The smallest absolute Gasteiger partial charge is 0.327 e. The molecule has 0 aromatic carbocycles. The van der Waals surface area contributed by atoms with Crippen LogP contribution in [-0.2, 0) is 23.9 Å². The van der Waals surface area contributed by atoms with Crippen molar-refractivity contribution in [2.45, 2.75) is 84.0 Å². The minimum atomic E-state index is -1.00. The molecule has 0 saturated carbocycles. The van der Waals surface area contributed by atoms with E-state index in [1.165, 1.54) is 7.11 Å². The third-order valence-electron chi connectivity index (χ3n) is 6.48. The van der Waals surface area contributed by atoms with Gasteiger partial charge in [-0.1, -0.05) is 38.2 Å². The molecule has 4 N–H and O–H groups in total. The summed E-state index contributed by atoms with van der Waals surface area (Å²) in [6.45, 7) is 5.18. The summed E-state index contributed by atoms with van der Waals surface area (Å²) in [5.41, 5.74) is 0.578. The summed E-state index contributed by atoms with van der Waals surface area (Å²) >= 11 is 0. The molecule has 1 heterocycles. The number of carbonyl (C=O) groups is 4. The standard InChI is InChI=1S/C27H41NO8/c1-17(21(29)11-9-10-20-15-23(30)28-24(31)16-20)14-18(2)26(34)19(3)27(35)22(36-4)12-7-5-6-8-13-25(32)33/h7-8,12-14,17,19-20,22,26-27,34-35H,5-6,9-11,15-16H2,1-4H3,(H,32,33)(H,28,30,31)/b12-7+,13-8+,18-14+/t17-,19+,22-,26?,27-/m0/s1. The summed E-state index contributed by atoms with van der Waals surface area (Å²) in [4.78, 5) is 46.0. The molecule has 202 valence electrons. The molecule has 0 spiro atoms. The Morgan fingerprint density at radius 3 is 2.31 bits per heavy atom. The number of amides is 2. The van der Waals surface area contributed by atoms with Crippen molar-refractivity contribution in [2.75, 3.05) is 7.11 Å². The van der Waals surface area contributed by atoms with E-state index in [2.05, 4.69) is 5.32 Å². The summed E-state index contributed by atoms with van der Waals surface area (Å²) in [5, 5.41) is 32.4. The number of piperidine rings is 1. The van der Waals surface area contributed by atoms with Crippen molar-refractivity contribution >= 4 is 23.6 Å². The average molecular weight is 508 g/mol. The highest BCUT2D eigenvalue weighted by Gasteiger charge is 2.30. The third-order valence-corrected chi connectivity index (χ3v) is 6.48. The number of carboxylic acid groups (broad SMARTS) is 1. The van der Waals surface area contributed by atoms with Crippen LogP contribution in [0.3, 0.4) is 0 Å². The Hall–Kier alpha value is -2.62. The number of hydrogen-bond acceptors (Lipinski definition) is 7. The summed E-state index contributed by atoms with van der Waals surface area (Å²) in [7, 11) is 1.46. The van der Waals surface area contributed by atoms with Gasteiger partial charge in [-0.25, -0.2) is 4.79 Å². The molecule has 1 rings (SSSR count). The lowest BCUT2D eigenvalue weighted by Gasteiger charge is -2.29. The van der Waals surface area contributed by atoms with Crippen LogP contribution >= 0.6 is 0 Å². The Kier molecular flexibility index (Phi) is 14.1. The summed E-state index contributed by atoms with van der Waals surface area (Å²) in [5.74, 6) is -2.54. The Morgan fingerprint density at radius 1 is 1.11 bits per heavy atom. The number of hydrogen-bond donors (Lipinski definition) is 4. The molecular weight excluding hydrogens is 466 g/mol. The molecule has 9 heteroatoms. The van der Waals surface area contributed by atoms with Crippen LogP contribution in [0.25, 0.3) is 0 Å². The zero-order chi connectivity index (χ0) is 27.3. The lowest BCUT2D eigenvalue weighted by Crippen LogP contribution is -2.39. The van der Waals surface area contributed by atoms with Crippen LogP contribution in [0.2, 0.25) is 0 Å². The maximum absolute atomic E-state index is 12.6. The van der Waals surface area contributed by atoms with Crippen molar-refractivity contribution in [1.82, 2.24) is 5.32 Å². The lowest BCUT2D eigenvalue weighted by molar-refractivity contribution is -0.135. The van der Waals surface area contributed by atoms with Crippen molar-refractivity contribution in [3.8, 4) is 0 Å². The van der Waals surface area contributed by atoms with E-state index >= 15 is 0 Å². The van der Waals surface area contributed by atoms with Gasteiger partial charge in [0.1, 0.15) is 11.9 Å². The number of Topliss-reactive ketones (excluding diaryl/α,β-unsaturated/α-hetero) is 1. The topological polar surface area (TPSA) is 150 Å². The van der Waals surface area contributed by atoms with E-state index < -0.39 is 36.1 Å². The molecule has 9 nitrogen and oxygen atoms in total. The quantitative estimate of drug-likeness (QED) is 0.108. The molecule has 0 aromatic heterocycles. The predicted molar refractivity (Wildman–Crippen MR) is 135 cm³/mol. The molecular formula is C27H41NO8. The minimum absolute atomic E-state index is 0.0102. The molecule has 1 unspecified atom stereocenters. The maximum atomic E-state index is 12.6. The fourth-order valence-electron chi connectivity index (χ4n) is 4.28. The van der Waals surface area contributed by atoms with Crippen molar-refractivity contribution in [2.24, 2.45) is 17.8 Å². The Bertz CT molecular complexity index is 831. The normalized spacial score (nSPS) is 19.8. The molecule has 0 radical (unpaired) electrons. The number of aliphatic hydroxyl groups is 2. The second-order valence-corrected chi connectivity index (χ2v) is 9.54. The van der Waals surface area contributed by atoms with Gasteiger partial charge in [-0.15, -0.1) is 0 Å². The van der Waals surface area contributed by atoms with Gasteiger partial charge in [0.15, 0.2) is 0 Å². The zero-order valence-electron chi connectivity index (χ0n) is 21.7. The van der Waals surface area contributed by atoms with Crippen molar-refractivity contribution < 1.29 is 39.2 Å². The number of ketones is 1. The minimum Gasteiger partial charge on any atom is -0.478 e. The monoisotopic (exact) mass is 507 g/mol. The number of carbonyl (C=O) groups excluding carboxylic acids is 3. The second kappa shape index (κ2) is 16.2. The summed E-state index contributed by atoms with van der Waals surface area (Å²) in [6, 6.07) is 0. The van der Waals surface area contributed by atoms with E-state index in [0.29, 0.717) is 50.5 Å². The van der Waals surface area contributed by atoms with Crippen LogP contribution in [0.5, 0.6) is 0 Å². The van der Waals surface area contributed by atoms with Crippen molar-refractivity contribution in [1.29, 1.82) is 0 Å². The summed E-state index contributed by atoms with van der Waals surface area (Å²) in [6.07, 6.45) is 8.46. The molecule has 1 aliphatic heterocycles. The molecule has 0 aromatic rings. The molecule has 0 bridgehead atoms. The fraction of sp³-hybridized carbons (Fsp3) is 0.630. The highest BCUT2D eigenvalue weighted by atomic mass is 16.5. The molecule has 2 amide bonds. The highest BCUT2D eigenvalue weighted by molar-refractivity contribution is 5.97. The lowest BCUT2D eigenvalue weighted by atomic mass is 9.87. The number of rotatable bonds is 16. The van der Waals surface area contributed by atoms with Crippen LogP contribution in [0.1, 0.15) is 65.7 Å². The number of aliphatic carboxylic acids is 1. The number of aliphatic hydroxyl groups excluding tert-OH is 2. The average Bonchev–Trinajstić information content (AvgIpc) is 2.81. The maximum Gasteiger partial charge on any atom is 0.327 e. The first-order valence-electron chi connectivity index (χ1n) is 12.4. The van der Waals surface area contributed by atoms with Crippen LogP contribution in [-0.4, -0.2) is 64.3 Å². The molecule has 0 aliphatic carbocycles. The number of unbranched alkanes of at least 4 members (excludes halogenated alkanes) is 1. The van der Waals surface area contributed by atoms with Crippen molar-refractivity contribution in [3.63, 3.8) is 0 Å². The number of carboxylic acids is 1. The van der Waals surface area contributed by atoms with Gasteiger partial charge in [-0.2, -0.15) is 0 Å². The molecule has 1 aliphatic rings. The van der Waals surface area contributed by atoms with E-state index in [1.54, 1.807) is 45.1 Å². The number of methoxy groups -OCH3 is 1. The highest BCUT2D eigenvalue weighted by Crippen LogP contribution is 2.23. The van der Waals surface area contributed by atoms with Gasteiger partial charge in [0.05, 0.1) is 12.2 Å². The van der Waals surface area contributed by atoms with Crippen LogP contribution in [0.4, 0.5) is 0 Å². The second-order valence-electron chi connectivity index (χ2n) is 9.54. The van der Waals surface area contributed by atoms with Gasteiger partial charge in [-0.05, 0) is 44.1 Å². The van der Waals surface area contributed by atoms with E-state index in [0.717, 1.165) is 6.08 Å². The molecule has 1 saturated heterocycles. The van der Waals surface area contributed by atoms with Gasteiger partial charge in [0, 0.05) is 44.3 Å². The number of ether oxygens (including phenoxy) is 1. The Morgan fingerprint density at radius 2 is 1.72 bits per heavy atom. The first-order chi connectivity index (χ1) is 17.0. The Balaban J connectivity index is 2.57. The van der Waals surface area contributed by atoms with E-state index in [4.69, 9.17) is 9.84 Å². The van der Waals surface area contributed by atoms with E-state index in [1.807, 2.05) is 0 Å². The van der Waals surface area contributed by atoms with Gasteiger partial charge in [-0.3, -0.25) is 19.7 Å². The predicted octanol–water partition coefficient (Wildman–Crippen LogP) is 2.71. The zero-order valence-corrected chi connectivity index (χ0v) is 21.7. The van der Waals surface area contributed by atoms with Gasteiger partial charge >= 0.3 is 5.97 Å². The van der Waals surface area contributed by atoms with Gasteiger partial charge in [0.2, 0.25) is 11.8 Å². The van der Waals surface area contributed by atoms with Crippen molar-refractivity contribution in [3.05, 3.63) is 36.0 Å². The third kappa shape index (κ3) is 11.4. The number of imide groups is 1. The van der Waals surface area contributed by atoms with E-state index in [9.17, 15) is 29.4 Å². The summed E-state index contributed by atoms with van der Waals surface area (Å²) < 4.78 is 5.36. The van der Waals surface area contributed by atoms with Gasteiger partial charge < -0.3 is 20.1 Å². The fourth-order valence-corrected chi connectivity index (χ4v) is 4.28. The van der Waals surface area contributed by atoms with Crippen LogP contribution in [0.15, 0.2) is 36.0 Å². The first kappa shape index (κ1) is 31.4.